The van der Waals surface area contributed by atoms with Crippen molar-refractivity contribution in [3.05, 3.63) is 51.5 Å². The van der Waals surface area contributed by atoms with Gasteiger partial charge in [0.25, 0.3) is 5.91 Å². The summed E-state index contributed by atoms with van der Waals surface area (Å²) in [5.74, 6) is 0.607. The Morgan fingerprint density at radius 2 is 2.04 bits per heavy atom. The van der Waals surface area contributed by atoms with Crippen LogP contribution in [-0.2, 0) is 0 Å². The highest BCUT2D eigenvalue weighted by Crippen LogP contribution is 2.36. The molecule has 0 aromatic heterocycles. The van der Waals surface area contributed by atoms with Gasteiger partial charge in [0.05, 0.1) is 24.4 Å². The van der Waals surface area contributed by atoms with Crippen LogP contribution in [-0.4, -0.2) is 19.6 Å². The van der Waals surface area contributed by atoms with Gasteiger partial charge in [0, 0.05) is 10.0 Å². The highest BCUT2D eigenvalue weighted by atomic mass is 79.9. The van der Waals surface area contributed by atoms with E-state index >= 15 is 0 Å². The zero-order valence-corrected chi connectivity index (χ0v) is 15.2. The molecule has 0 saturated carbocycles. The Morgan fingerprint density at radius 1 is 1.30 bits per heavy atom. The molecule has 122 valence electrons. The Balaban J connectivity index is 2.27. The van der Waals surface area contributed by atoms with E-state index in [1.165, 1.54) is 7.11 Å². The molecule has 0 saturated heterocycles. The van der Waals surface area contributed by atoms with Gasteiger partial charge in [-0.15, -0.1) is 0 Å². The Bertz CT molecular complexity index is 706. The summed E-state index contributed by atoms with van der Waals surface area (Å²) in [5, 5.41) is 3.17. The van der Waals surface area contributed by atoms with Crippen LogP contribution in [0.15, 0.2) is 40.9 Å². The quantitative estimate of drug-likeness (QED) is 0.732. The van der Waals surface area contributed by atoms with Crippen molar-refractivity contribution in [2.24, 2.45) is 0 Å². The van der Waals surface area contributed by atoms with Crippen molar-refractivity contribution in [1.29, 1.82) is 0 Å². The van der Waals surface area contributed by atoms with Crippen molar-refractivity contribution in [3.63, 3.8) is 0 Å². The maximum atomic E-state index is 12.4. The van der Waals surface area contributed by atoms with E-state index in [1.807, 2.05) is 25.1 Å². The fraction of sp³-hybridized carbons (Fsp3) is 0.235. The summed E-state index contributed by atoms with van der Waals surface area (Å²) in [5.41, 5.74) is 1.07. The maximum Gasteiger partial charge on any atom is 0.255 e. The molecule has 6 heteroatoms. The number of para-hydroxylation sites is 1. The zero-order valence-electron chi connectivity index (χ0n) is 12.9. The van der Waals surface area contributed by atoms with E-state index in [9.17, 15) is 4.79 Å². The van der Waals surface area contributed by atoms with Gasteiger partial charge in [-0.2, -0.15) is 0 Å². The molecule has 2 rings (SSSR count). The lowest BCUT2D eigenvalue weighted by Gasteiger charge is -2.14. The van der Waals surface area contributed by atoms with Crippen molar-refractivity contribution in [1.82, 2.24) is 0 Å². The number of carbonyl (C=O) groups is 1. The van der Waals surface area contributed by atoms with E-state index < -0.39 is 0 Å². The summed E-state index contributed by atoms with van der Waals surface area (Å²) in [6.07, 6.45) is 0.851. The Hall–Kier alpha value is -1.72. The normalized spacial score (nSPS) is 10.3. The Kier molecular flexibility index (Phi) is 6.30. The Morgan fingerprint density at radius 3 is 2.70 bits per heavy atom. The second-order valence-corrected chi connectivity index (χ2v) is 6.03. The lowest BCUT2D eigenvalue weighted by molar-refractivity contribution is 0.102. The molecule has 0 fully saturated rings. The summed E-state index contributed by atoms with van der Waals surface area (Å²) >= 11 is 9.63. The minimum Gasteiger partial charge on any atom is -0.493 e. The third kappa shape index (κ3) is 4.39. The van der Waals surface area contributed by atoms with Gasteiger partial charge in [0.15, 0.2) is 11.5 Å². The topological polar surface area (TPSA) is 47.6 Å². The van der Waals surface area contributed by atoms with Gasteiger partial charge in [-0.25, -0.2) is 0 Å². The van der Waals surface area contributed by atoms with Crippen LogP contribution in [0.5, 0.6) is 11.5 Å². The third-order valence-electron chi connectivity index (χ3n) is 3.06. The number of hydrogen-bond donors (Lipinski definition) is 1. The summed E-state index contributed by atoms with van der Waals surface area (Å²) in [4.78, 5) is 12.4. The zero-order chi connectivity index (χ0) is 16.8. The first-order chi connectivity index (χ1) is 11.1. The number of rotatable bonds is 6. The summed E-state index contributed by atoms with van der Waals surface area (Å²) in [6.45, 7) is 2.53. The van der Waals surface area contributed by atoms with Crippen LogP contribution in [0.2, 0.25) is 5.02 Å². The van der Waals surface area contributed by atoms with Crippen LogP contribution in [0, 0.1) is 0 Å². The smallest absolute Gasteiger partial charge is 0.255 e. The number of hydrogen-bond acceptors (Lipinski definition) is 3. The number of anilines is 1. The fourth-order valence-electron chi connectivity index (χ4n) is 1.95. The maximum absolute atomic E-state index is 12.4. The van der Waals surface area contributed by atoms with E-state index in [0.29, 0.717) is 34.4 Å². The second-order valence-electron chi connectivity index (χ2n) is 4.77. The lowest BCUT2D eigenvalue weighted by Crippen LogP contribution is -2.13. The Labute approximate surface area is 148 Å². The predicted molar refractivity (Wildman–Crippen MR) is 95.9 cm³/mol. The van der Waals surface area contributed by atoms with Gasteiger partial charge in [-0.05, 0) is 46.6 Å². The van der Waals surface area contributed by atoms with Crippen LogP contribution in [0.4, 0.5) is 5.69 Å². The molecule has 2 aromatic carbocycles. The van der Waals surface area contributed by atoms with Crippen LogP contribution in [0.25, 0.3) is 0 Å². The average Bonchev–Trinajstić information content (AvgIpc) is 2.55. The number of halogens is 2. The van der Waals surface area contributed by atoms with Gasteiger partial charge in [-0.1, -0.05) is 30.7 Å². The van der Waals surface area contributed by atoms with E-state index in [1.54, 1.807) is 18.2 Å². The van der Waals surface area contributed by atoms with E-state index in [-0.39, 0.29) is 5.91 Å². The first kappa shape index (κ1) is 17.6. The number of methoxy groups -OCH3 is 1. The summed E-state index contributed by atoms with van der Waals surface area (Å²) in [6, 6.07) is 10.6. The summed E-state index contributed by atoms with van der Waals surface area (Å²) < 4.78 is 11.7. The molecule has 1 N–H and O–H groups in total. The van der Waals surface area contributed by atoms with Crippen LogP contribution in [0.3, 0.4) is 0 Å². The summed E-state index contributed by atoms with van der Waals surface area (Å²) in [7, 11) is 1.51. The van der Waals surface area contributed by atoms with Crippen molar-refractivity contribution in [3.8, 4) is 11.5 Å². The third-order valence-corrected chi connectivity index (χ3v) is 4.04. The SMILES string of the molecule is CCCOc1c(Cl)cc(C(=O)Nc2ccccc2Br)cc1OC. The molecule has 4 nitrogen and oxygen atoms in total. The molecular formula is C17H17BrClNO3. The van der Waals surface area contributed by atoms with Gasteiger partial charge in [0.2, 0.25) is 0 Å². The van der Waals surface area contributed by atoms with E-state index in [2.05, 4.69) is 21.2 Å². The number of nitrogens with one attached hydrogen (secondary N) is 1. The van der Waals surface area contributed by atoms with E-state index in [4.69, 9.17) is 21.1 Å². The molecule has 0 atom stereocenters. The molecule has 0 spiro atoms. The predicted octanol–water partition coefficient (Wildman–Crippen LogP) is 5.15. The highest BCUT2D eigenvalue weighted by molar-refractivity contribution is 9.10. The monoisotopic (exact) mass is 397 g/mol. The number of amides is 1. The second kappa shape index (κ2) is 8.22. The molecule has 2 aromatic rings. The number of benzene rings is 2. The van der Waals surface area contributed by atoms with Gasteiger partial charge in [0.1, 0.15) is 0 Å². The first-order valence-electron chi connectivity index (χ1n) is 7.13. The molecule has 1 amide bonds. The molecule has 0 bridgehead atoms. The molecule has 0 aliphatic rings. The average molecular weight is 399 g/mol. The first-order valence-corrected chi connectivity index (χ1v) is 8.30. The van der Waals surface area contributed by atoms with Gasteiger partial charge >= 0.3 is 0 Å². The van der Waals surface area contributed by atoms with Crippen LogP contribution in [0.1, 0.15) is 23.7 Å². The van der Waals surface area contributed by atoms with Crippen molar-refractivity contribution in [2.75, 3.05) is 19.0 Å². The molecule has 0 radical (unpaired) electrons. The van der Waals surface area contributed by atoms with Crippen LogP contribution < -0.4 is 14.8 Å². The minimum absolute atomic E-state index is 0.279. The highest BCUT2D eigenvalue weighted by Gasteiger charge is 2.16. The molecule has 0 unspecified atom stereocenters. The minimum atomic E-state index is -0.279. The number of ether oxygens (including phenoxy) is 2. The van der Waals surface area contributed by atoms with Gasteiger partial charge < -0.3 is 14.8 Å². The van der Waals surface area contributed by atoms with Crippen molar-refractivity contribution < 1.29 is 14.3 Å². The molecular weight excluding hydrogens is 382 g/mol. The van der Waals surface area contributed by atoms with E-state index in [0.717, 1.165) is 10.9 Å². The molecule has 0 aliphatic carbocycles. The van der Waals surface area contributed by atoms with Crippen LogP contribution >= 0.6 is 27.5 Å². The van der Waals surface area contributed by atoms with Crippen molar-refractivity contribution in [2.45, 2.75) is 13.3 Å². The van der Waals surface area contributed by atoms with Gasteiger partial charge in [-0.3, -0.25) is 4.79 Å². The standard InChI is InChI=1S/C17H17BrClNO3/c1-3-8-23-16-13(19)9-11(10-15(16)22-2)17(21)20-14-7-5-4-6-12(14)18/h4-7,9-10H,3,8H2,1-2H3,(H,20,21). The molecule has 0 heterocycles. The molecule has 0 aliphatic heterocycles. The number of carbonyl (C=O) groups excluding carboxylic acids is 1. The van der Waals surface area contributed by atoms with Crippen molar-refractivity contribution >= 4 is 39.1 Å². The largest absolute Gasteiger partial charge is 0.493 e. The molecule has 23 heavy (non-hydrogen) atoms. The lowest BCUT2D eigenvalue weighted by atomic mass is 10.1. The fourth-order valence-corrected chi connectivity index (χ4v) is 2.60.